The number of rotatable bonds is 2. The summed E-state index contributed by atoms with van der Waals surface area (Å²) in [5, 5.41) is -0.0275. The number of likely N-dealkylation sites (tertiary alicyclic amines) is 1. The molecule has 0 radical (unpaired) electrons. The number of piperidine rings is 1. The van der Waals surface area contributed by atoms with Crippen LogP contribution < -0.4 is 0 Å². The minimum absolute atomic E-state index is 0.00806. The highest BCUT2D eigenvalue weighted by atomic mass is 35.5. The van der Waals surface area contributed by atoms with E-state index in [1.54, 1.807) is 11.0 Å². The van der Waals surface area contributed by atoms with E-state index in [1.807, 2.05) is 0 Å². The van der Waals surface area contributed by atoms with E-state index in [1.165, 1.54) is 12.1 Å². The van der Waals surface area contributed by atoms with Crippen molar-refractivity contribution in [1.29, 1.82) is 0 Å². The SMILES string of the molecule is O=C(c1cccc(Cl)c1F)N1CCCCC1CCl. The lowest BCUT2D eigenvalue weighted by molar-refractivity contribution is 0.0634. The molecule has 1 unspecified atom stereocenters. The Bertz CT molecular complexity index is 453. The van der Waals surface area contributed by atoms with Crippen LogP contribution in [0.3, 0.4) is 0 Å². The number of benzene rings is 1. The largest absolute Gasteiger partial charge is 0.334 e. The molecule has 0 bridgehead atoms. The zero-order valence-corrected chi connectivity index (χ0v) is 11.3. The van der Waals surface area contributed by atoms with E-state index in [0.29, 0.717) is 12.4 Å². The van der Waals surface area contributed by atoms with Crippen molar-refractivity contribution in [2.24, 2.45) is 0 Å². The van der Waals surface area contributed by atoms with Crippen LogP contribution in [0.2, 0.25) is 5.02 Å². The van der Waals surface area contributed by atoms with E-state index in [2.05, 4.69) is 0 Å². The zero-order valence-electron chi connectivity index (χ0n) is 9.83. The smallest absolute Gasteiger partial charge is 0.257 e. The summed E-state index contributed by atoms with van der Waals surface area (Å²) in [4.78, 5) is 14.0. The zero-order chi connectivity index (χ0) is 13.1. The van der Waals surface area contributed by atoms with Crippen LogP contribution in [0.5, 0.6) is 0 Å². The predicted molar refractivity (Wildman–Crippen MR) is 70.8 cm³/mol. The van der Waals surface area contributed by atoms with E-state index in [4.69, 9.17) is 23.2 Å². The number of hydrogen-bond acceptors (Lipinski definition) is 1. The van der Waals surface area contributed by atoms with Crippen molar-refractivity contribution in [2.45, 2.75) is 25.3 Å². The standard InChI is InChI=1S/C13H14Cl2FNO/c14-8-9-4-1-2-7-17(9)13(18)10-5-3-6-11(15)12(10)16/h3,5-6,9H,1-2,4,7-8H2. The molecule has 98 valence electrons. The van der Waals surface area contributed by atoms with Gasteiger partial charge in [-0.15, -0.1) is 11.6 Å². The monoisotopic (exact) mass is 289 g/mol. The number of nitrogens with zero attached hydrogens (tertiary/aromatic N) is 1. The normalized spacial score (nSPS) is 19.9. The summed E-state index contributed by atoms with van der Waals surface area (Å²) in [7, 11) is 0. The Hall–Kier alpha value is -0.800. The molecule has 18 heavy (non-hydrogen) atoms. The van der Waals surface area contributed by atoms with Crippen LogP contribution in [0.4, 0.5) is 4.39 Å². The summed E-state index contributed by atoms with van der Waals surface area (Å²) in [6.07, 6.45) is 2.86. The molecule has 0 spiro atoms. The summed E-state index contributed by atoms with van der Waals surface area (Å²) in [6, 6.07) is 4.47. The molecule has 0 N–H and O–H groups in total. The fraction of sp³-hybridized carbons (Fsp3) is 0.462. The summed E-state index contributed by atoms with van der Waals surface area (Å²) in [5.74, 6) is -0.586. The molecule has 1 aromatic rings. The molecule has 1 aliphatic heterocycles. The highest BCUT2D eigenvalue weighted by molar-refractivity contribution is 6.31. The molecule has 0 aromatic heterocycles. The van der Waals surface area contributed by atoms with Gasteiger partial charge in [-0.2, -0.15) is 0 Å². The maximum absolute atomic E-state index is 13.8. The van der Waals surface area contributed by atoms with Crippen LogP contribution in [0, 0.1) is 5.82 Å². The van der Waals surface area contributed by atoms with Gasteiger partial charge in [-0.1, -0.05) is 17.7 Å². The summed E-state index contributed by atoms with van der Waals surface area (Å²) in [5.41, 5.74) is 0.0273. The third-order valence-electron chi connectivity index (χ3n) is 3.25. The van der Waals surface area contributed by atoms with Crippen LogP contribution >= 0.6 is 23.2 Å². The van der Waals surface area contributed by atoms with Gasteiger partial charge in [0.1, 0.15) is 0 Å². The Morgan fingerprint density at radius 2 is 2.22 bits per heavy atom. The molecule has 1 saturated heterocycles. The van der Waals surface area contributed by atoms with Crippen LogP contribution in [0.15, 0.2) is 18.2 Å². The van der Waals surface area contributed by atoms with Gasteiger partial charge in [-0.3, -0.25) is 4.79 Å². The van der Waals surface area contributed by atoms with Crippen molar-refractivity contribution in [3.63, 3.8) is 0 Å². The van der Waals surface area contributed by atoms with Gasteiger partial charge in [0.25, 0.3) is 5.91 Å². The maximum atomic E-state index is 13.8. The Labute approximate surface area is 116 Å². The van der Waals surface area contributed by atoms with Crippen molar-refractivity contribution >= 4 is 29.1 Å². The van der Waals surface area contributed by atoms with Crippen LogP contribution in [0.1, 0.15) is 29.6 Å². The lowest BCUT2D eigenvalue weighted by Crippen LogP contribution is -2.45. The molecule has 0 aliphatic carbocycles. The van der Waals surface area contributed by atoms with Gasteiger partial charge < -0.3 is 4.90 Å². The fourth-order valence-corrected chi connectivity index (χ4v) is 2.75. The summed E-state index contributed by atoms with van der Waals surface area (Å²) in [6.45, 7) is 0.627. The second-order valence-corrected chi connectivity index (χ2v) is 5.12. The van der Waals surface area contributed by atoms with Crippen LogP contribution in [-0.4, -0.2) is 29.3 Å². The van der Waals surface area contributed by atoms with Gasteiger partial charge >= 0.3 is 0 Å². The molecule has 1 atom stereocenters. The van der Waals surface area contributed by atoms with Crippen molar-refractivity contribution < 1.29 is 9.18 Å². The van der Waals surface area contributed by atoms with Gasteiger partial charge in [-0.25, -0.2) is 4.39 Å². The first-order valence-corrected chi connectivity index (χ1v) is 6.87. The first-order valence-electron chi connectivity index (χ1n) is 5.96. The second kappa shape index (κ2) is 5.89. The highest BCUT2D eigenvalue weighted by Crippen LogP contribution is 2.24. The van der Waals surface area contributed by atoms with E-state index < -0.39 is 5.82 Å². The molecular weight excluding hydrogens is 276 g/mol. The minimum atomic E-state index is -0.650. The number of alkyl halides is 1. The molecule has 5 heteroatoms. The molecule has 1 heterocycles. The topological polar surface area (TPSA) is 20.3 Å². The molecule has 1 amide bonds. The van der Waals surface area contributed by atoms with Gasteiger partial charge in [0.05, 0.1) is 10.6 Å². The van der Waals surface area contributed by atoms with E-state index in [-0.39, 0.29) is 22.5 Å². The lowest BCUT2D eigenvalue weighted by atomic mass is 10.0. The average molecular weight is 290 g/mol. The third kappa shape index (κ3) is 2.62. The lowest BCUT2D eigenvalue weighted by Gasteiger charge is -2.34. The number of carbonyl (C=O) groups excluding carboxylic acids is 1. The van der Waals surface area contributed by atoms with Gasteiger partial charge in [0.15, 0.2) is 5.82 Å². The average Bonchev–Trinajstić information content (AvgIpc) is 2.41. The quantitative estimate of drug-likeness (QED) is 0.760. The number of carbonyl (C=O) groups is 1. The molecular formula is C13H14Cl2FNO. The number of halogens is 3. The van der Waals surface area contributed by atoms with Gasteiger partial charge in [0, 0.05) is 18.5 Å². The number of hydrogen-bond donors (Lipinski definition) is 0. The van der Waals surface area contributed by atoms with Crippen molar-refractivity contribution in [2.75, 3.05) is 12.4 Å². The summed E-state index contributed by atoms with van der Waals surface area (Å²) >= 11 is 11.6. The van der Waals surface area contributed by atoms with Crippen molar-refractivity contribution in [3.05, 3.63) is 34.6 Å². The van der Waals surface area contributed by atoms with Crippen molar-refractivity contribution in [1.82, 2.24) is 4.90 Å². The van der Waals surface area contributed by atoms with Crippen LogP contribution in [0.25, 0.3) is 0 Å². The molecule has 1 aromatic carbocycles. The molecule has 2 nitrogen and oxygen atoms in total. The molecule has 2 rings (SSSR count). The Morgan fingerprint density at radius 1 is 1.44 bits per heavy atom. The first-order chi connectivity index (χ1) is 8.65. The van der Waals surface area contributed by atoms with Gasteiger partial charge in [0.2, 0.25) is 0 Å². The molecule has 0 saturated carbocycles. The van der Waals surface area contributed by atoms with E-state index in [0.717, 1.165) is 19.3 Å². The highest BCUT2D eigenvalue weighted by Gasteiger charge is 2.28. The third-order valence-corrected chi connectivity index (χ3v) is 3.90. The molecule has 1 fully saturated rings. The minimum Gasteiger partial charge on any atom is -0.334 e. The first kappa shape index (κ1) is 13.6. The Kier molecular flexibility index (Phi) is 4.46. The van der Waals surface area contributed by atoms with E-state index >= 15 is 0 Å². The maximum Gasteiger partial charge on any atom is 0.257 e. The Balaban J connectivity index is 2.27. The van der Waals surface area contributed by atoms with Crippen LogP contribution in [-0.2, 0) is 0 Å². The molecule has 1 aliphatic rings. The predicted octanol–water partition coefficient (Wildman–Crippen LogP) is 3.71. The number of amides is 1. The fourth-order valence-electron chi connectivity index (χ4n) is 2.25. The van der Waals surface area contributed by atoms with Crippen molar-refractivity contribution in [3.8, 4) is 0 Å². The summed E-state index contributed by atoms with van der Waals surface area (Å²) < 4.78 is 13.8. The second-order valence-electron chi connectivity index (χ2n) is 4.40. The van der Waals surface area contributed by atoms with Gasteiger partial charge in [-0.05, 0) is 31.4 Å². The van der Waals surface area contributed by atoms with E-state index in [9.17, 15) is 9.18 Å². The Morgan fingerprint density at radius 3 is 2.94 bits per heavy atom.